The van der Waals surface area contributed by atoms with Gasteiger partial charge in [0.15, 0.2) is 11.5 Å². The van der Waals surface area contributed by atoms with Crippen molar-refractivity contribution in [3.05, 3.63) is 75.1 Å². The van der Waals surface area contributed by atoms with Crippen molar-refractivity contribution in [2.24, 2.45) is 0 Å². The number of likely N-dealkylation sites (N-methyl/N-ethyl adjacent to an activating group) is 1. The van der Waals surface area contributed by atoms with Crippen molar-refractivity contribution in [1.29, 1.82) is 0 Å². The number of thiophene rings is 1. The molecule has 4 aromatic rings. The van der Waals surface area contributed by atoms with Crippen LogP contribution in [0.5, 0.6) is 11.5 Å². The Labute approximate surface area is 188 Å². The van der Waals surface area contributed by atoms with E-state index in [4.69, 9.17) is 21.1 Å². The summed E-state index contributed by atoms with van der Waals surface area (Å²) in [5.74, 6) is 2.14. The molecule has 1 aliphatic rings. The van der Waals surface area contributed by atoms with E-state index in [1.54, 1.807) is 0 Å². The van der Waals surface area contributed by atoms with E-state index in [0.717, 1.165) is 22.6 Å². The van der Waals surface area contributed by atoms with Crippen LogP contribution in [0.1, 0.15) is 5.82 Å². The molecule has 1 aliphatic heterocycles. The van der Waals surface area contributed by atoms with Gasteiger partial charge in [0, 0.05) is 28.1 Å². The first-order chi connectivity index (χ1) is 15.1. The van der Waals surface area contributed by atoms with Gasteiger partial charge in [-0.05, 0) is 25.2 Å². The SMILES string of the molecule is CN(Cc1nc2scc(-c3ccccc3Cl)c2c(=O)[nH]1)CC1COc2ccccc2O1. The Morgan fingerprint density at radius 1 is 1.16 bits per heavy atom. The highest BCUT2D eigenvalue weighted by Gasteiger charge is 2.22. The molecular weight excluding hydrogens is 434 g/mol. The maximum atomic E-state index is 12.9. The molecule has 0 radical (unpaired) electrons. The summed E-state index contributed by atoms with van der Waals surface area (Å²) in [4.78, 5) is 23.3. The third-order valence-corrected chi connectivity index (χ3v) is 6.36. The Morgan fingerprint density at radius 2 is 1.94 bits per heavy atom. The highest BCUT2D eigenvalue weighted by Crippen LogP contribution is 2.35. The summed E-state index contributed by atoms with van der Waals surface area (Å²) in [7, 11) is 1.97. The molecule has 158 valence electrons. The van der Waals surface area contributed by atoms with Crippen molar-refractivity contribution in [2.75, 3.05) is 20.2 Å². The zero-order chi connectivity index (χ0) is 21.4. The number of aromatic amines is 1. The molecule has 1 unspecified atom stereocenters. The largest absolute Gasteiger partial charge is 0.486 e. The molecule has 0 fully saturated rings. The second kappa shape index (κ2) is 8.34. The lowest BCUT2D eigenvalue weighted by molar-refractivity contribution is 0.0632. The van der Waals surface area contributed by atoms with E-state index >= 15 is 0 Å². The summed E-state index contributed by atoms with van der Waals surface area (Å²) in [5, 5.41) is 3.12. The van der Waals surface area contributed by atoms with Gasteiger partial charge in [-0.25, -0.2) is 4.98 Å². The first kappa shape index (κ1) is 20.1. The molecule has 0 amide bonds. The molecule has 1 atom stereocenters. The number of halogens is 1. The van der Waals surface area contributed by atoms with Crippen molar-refractivity contribution < 1.29 is 9.47 Å². The molecule has 8 heteroatoms. The maximum absolute atomic E-state index is 12.9. The van der Waals surface area contributed by atoms with Gasteiger partial charge in [0.05, 0.1) is 11.9 Å². The number of benzene rings is 2. The average Bonchev–Trinajstić information content (AvgIpc) is 3.18. The standard InChI is InChI=1S/C23H20ClN3O3S/c1-27(10-14-12-29-18-8-4-5-9-19(18)30-14)11-20-25-22(28)21-16(13-31-23(21)26-20)15-6-2-3-7-17(15)24/h2-9,13-14H,10-12H2,1H3,(H,25,26,28). The summed E-state index contributed by atoms with van der Waals surface area (Å²) < 4.78 is 11.8. The number of rotatable bonds is 5. The summed E-state index contributed by atoms with van der Waals surface area (Å²) in [6, 6.07) is 15.2. The molecule has 6 nitrogen and oxygen atoms in total. The zero-order valence-electron chi connectivity index (χ0n) is 16.8. The van der Waals surface area contributed by atoms with Crippen LogP contribution >= 0.6 is 22.9 Å². The van der Waals surface area contributed by atoms with E-state index in [-0.39, 0.29) is 11.7 Å². The van der Waals surface area contributed by atoms with Crippen LogP contribution in [0.15, 0.2) is 58.7 Å². The van der Waals surface area contributed by atoms with Crippen LogP contribution < -0.4 is 15.0 Å². The normalized spacial score (nSPS) is 15.5. The lowest BCUT2D eigenvalue weighted by Gasteiger charge is -2.29. The van der Waals surface area contributed by atoms with Crippen molar-refractivity contribution in [3.63, 3.8) is 0 Å². The van der Waals surface area contributed by atoms with Gasteiger partial charge in [0.1, 0.15) is 23.4 Å². The van der Waals surface area contributed by atoms with Gasteiger partial charge in [-0.15, -0.1) is 11.3 Å². The van der Waals surface area contributed by atoms with Crippen molar-refractivity contribution in [3.8, 4) is 22.6 Å². The Bertz CT molecular complexity index is 1300. The van der Waals surface area contributed by atoms with Gasteiger partial charge in [0.25, 0.3) is 5.56 Å². The molecule has 31 heavy (non-hydrogen) atoms. The second-order valence-corrected chi connectivity index (χ2v) is 8.78. The Kier molecular flexibility index (Phi) is 5.40. The van der Waals surface area contributed by atoms with Gasteiger partial charge in [0.2, 0.25) is 0 Å². The molecule has 0 saturated heterocycles. The molecule has 1 N–H and O–H groups in total. The predicted molar refractivity (Wildman–Crippen MR) is 123 cm³/mol. The number of aromatic nitrogens is 2. The van der Waals surface area contributed by atoms with Crippen LogP contribution in [0.4, 0.5) is 0 Å². The van der Waals surface area contributed by atoms with Gasteiger partial charge in [-0.2, -0.15) is 0 Å². The van der Waals surface area contributed by atoms with Crippen LogP contribution in [-0.4, -0.2) is 41.2 Å². The van der Waals surface area contributed by atoms with E-state index in [2.05, 4.69) is 14.9 Å². The Hall–Kier alpha value is -2.87. The zero-order valence-corrected chi connectivity index (χ0v) is 18.4. The predicted octanol–water partition coefficient (Wildman–Crippen LogP) is 4.58. The van der Waals surface area contributed by atoms with Crippen molar-refractivity contribution in [2.45, 2.75) is 12.6 Å². The topological polar surface area (TPSA) is 67.5 Å². The number of fused-ring (bicyclic) bond motifs is 2. The highest BCUT2D eigenvalue weighted by molar-refractivity contribution is 7.17. The van der Waals surface area contributed by atoms with E-state index in [1.807, 2.05) is 61.0 Å². The highest BCUT2D eigenvalue weighted by atomic mass is 35.5. The Morgan fingerprint density at radius 3 is 2.77 bits per heavy atom. The maximum Gasteiger partial charge on any atom is 0.260 e. The average molecular weight is 454 g/mol. The summed E-state index contributed by atoms with van der Waals surface area (Å²) in [5.41, 5.74) is 1.49. The van der Waals surface area contributed by atoms with Gasteiger partial charge in [-0.1, -0.05) is 41.9 Å². The minimum absolute atomic E-state index is 0.0936. The van der Waals surface area contributed by atoms with Crippen LogP contribution in [0, 0.1) is 0 Å². The van der Waals surface area contributed by atoms with E-state index in [9.17, 15) is 4.79 Å². The number of H-pyrrole nitrogens is 1. The smallest absolute Gasteiger partial charge is 0.260 e. The van der Waals surface area contributed by atoms with E-state index in [1.165, 1.54) is 11.3 Å². The molecule has 0 bridgehead atoms. The molecule has 5 rings (SSSR count). The molecule has 2 aromatic carbocycles. The Balaban J connectivity index is 1.33. The van der Waals surface area contributed by atoms with Crippen LogP contribution in [-0.2, 0) is 6.54 Å². The second-order valence-electron chi connectivity index (χ2n) is 7.52. The summed E-state index contributed by atoms with van der Waals surface area (Å²) in [6.07, 6.45) is -0.0936. The van der Waals surface area contributed by atoms with Crippen LogP contribution in [0.2, 0.25) is 5.02 Å². The summed E-state index contributed by atoms with van der Waals surface area (Å²) in [6.45, 7) is 1.62. The van der Waals surface area contributed by atoms with Gasteiger partial charge in [-0.3, -0.25) is 9.69 Å². The molecule has 0 saturated carbocycles. The minimum Gasteiger partial charge on any atom is -0.486 e. The molecule has 2 aromatic heterocycles. The van der Waals surface area contributed by atoms with Crippen LogP contribution in [0.25, 0.3) is 21.3 Å². The number of nitrogens with zero attached hydrogens (tertiary/aromatic N) is 2. The van der Waals surface area contributed by atoms with Crippen LogP contribution in [0.3, 0.4) is 0 Å². The first-order valence-electron chi connectivity index (χ1n) is 9.91. The van der Waals surface area contributed by atoms with E-state index in [0.29, 0.717) is 40.8 Å². The monoisotopic (exact) mass is 453 g/mol. The number of ether oxygens (including phenoxy) is 2. The molecule has 3 heterocycles. The molecule has 0 spiro atoms. The van der Waals surface area contributed by atoms with Crippen molar-refractivity contribution in [1.82, 2.24) is 14.9 Å². The fourth-order valence-electron chi connectivity index (χ4n) is 3.77. The third kappa shape index (κ3) is 4.04. The minimum atomic E-state index is -0.157. The lowest BCUT2D eigenvalue weighted by Crippen LogP contribution is -2.39. The lowest BCUT2D eigenvalue weighted by atomic mass is 10.1. The quantitative estimate of drug-likeness (QED) is 0.479. The molecular formula is C23H20ClN3O3S. The number of nitrogens with one attached hydrogen (secondary N) is 1. The first-order valence-corrected chi connectivity index (χ1v) is 11.2. The number of hydrogen-bond donors (Lipinski definition) is 1. The number of para-hydroxylation sites is 2. The fraction of sp³-hybridized carbons (Fsp3) is 0.217. The van der Waals surface area contributed by atoms with Crippen molar-refractivity contribution >= 4 is 33.2 Å². The third-order valence-electron chi connectivity index (χ3n) is 5.16. The fourth-order valence-corrected chi connectivity index (χ4v) is 4.96. The molecule has 0 aliphatic carbocycles. The summed E-state index contributed by atoms with van der Waals surface area (Å²) >= 11 is 7.78. The van der Waals surface area contributed by atoms with Gasteiger partial charge < -0.3 is 14.5 Å². The van der Waals surface area contributed by atoms with E-state index < -0.39 is 0 Å². The van der Waals surface area contributed by atoms with Gasteiger partial charge >= 0.3 is 0 Å². The number of hydrogen-bond acceptors (Lipinski definition) is 6.